The lowest BCUT2D eigenvalue weighted by atomic mass is 10.1. The summed E-state index contributed by atoms with van der Waals surface area (Å²) < 4.78 is 37.8. The fourth-order valence-electron chi connectivity index (χ4n) is 1.85. The number of aryl methyl sites for hydroxylation is 2. The highest BCUT2D eigenvalue weighted by atomic mass is 32.2. The Bertz CT molecular complexity index is 562. The first-order valence-corrected chi connectivity index (χ1v) is 8.86. The van der Waals surface area contributed by atoms with Gasteiger partial charge in [0, 0.05) is 35.0 Å². The zero-order chi connectivity index (χ0) is 14.6. The second-order valence-electron chi connectivity index (χ2n) is 4.26. The number of sulfonamides is 1. The SMILES string of the molecule is Cc1cc(NN)cc(C)c1S(=O)(=O)NCCS(C)=O. The molecule has 0 fully saturated rings. The Morgan fingerprint density at radius 2 is 1.79 bits per heavy atom. The maximum Gasteiger partial charge on any atom is 0.241 e. The Labute approximate surface area is 116 Å². The van der Waals surface area contributed by atoms with Crippen LogP contribution in [0.1, 0.15) is 11.1 Å². The average molecular weight is 305 g/mol. The quantitative estimate of drug-likeness (QED) is 0.516. The Morgan fingerprint density at radius 3 is 2.21 bits per heavy atom. The predicted molar refractivity (Wildman–Crippen MR) is 77.8 cm³/mol. The first-order chi connectivity index (χ1) is 8.77. The summed E-state index contributed by atoms with van der Waals surface area (Å²) in [4.78, 5) is 0.244. The monoisotopic (exact) mass is 305 g/mol. The lowest BCUT2D eigenvalue weighted by Crippen LogP contribution is -2.29. The summed E-state index contributed by atoms with van der Waals surface area (Å²) in [6.07, 6.45) is 1.53. The van der Waals surface area contributed by atoms with Crippen molar-refractivity contribution >= 4 is 26.5 Å². The number of nitrogens with one attached hydrogen (secondary N) is 2. The van der Waals surface area contributed by atoms with Crippen LogP contribution >= 0.6 is 0 Å². The minimum absolute atomic E-state index is 0.154. The van der Waals surface area contributed by atoms with Crippen LogP contribution in [0.25, 0.3) is 0 Å². The van der Waals surface area contributed by atoms with E-state index in [4.69, 9.17) is 5.84 Å². The number of hydrogen-bond acceptors (Lipinski definition) is 5. The molecule has 1 rings (SSSR count). The highest BCUT2D eigenvalue weighted by Crippen LogP contribution is 2.23. The molecule has 0 heterocycles. The molecule has 0 spiro atoms. The normalized spacial score (nSPS) is 13.3. The van der Waals surface area contributed by atoms with Gasteiger partial charge in [-0.15, -0.1) is 0 Å². The third kappa shape index (κ3) is 4.27. The van der Waals surface area contributed by atoms with Gasteiger partial charge in [-0.05, 0) is 37.1 Å². The number of anilines is 1. The van der Waals surface area contributed by atoms with Crippen molar-refractivity contribution in [3.05, 3.63) is 23.3 Å². The maximum atomic E-state index is 12.2. The van der Waals surface area contributed by atoms with Crippen LogP contribution < -0.4 is 16.0 Å². The van der Waals surface area contributed by atoms with Gasteiger partial charge in [0.1, 0.15) is 0 Å². The fourth-order valence-corrected chi connectivity index (χ4v) is 3.85. The van der Waals surface area contributed by atoms with Crippen molar-refractivity contribution in [2.45, 2.75) is 18.7 Å². The molecular formula is C11H19N3O3S2. The van der Waals surface area contributed by atoms with Gasteiger partial charge in [0.2, 0.25) is 10.0 Å². The number of rotatable bonds is 6. The number of benzene rings is 1. The summed E-state index contributed by atoms with van der Waals surface area (Å²) in [5.41, 5.74) is 4.36. The van der Waals surface area contributed by atoms with Gasteiger partial charge in [0.25, 0.3) is 0 Å². The van der Waals surface area contributed by atoms with Crippen LogP contribution in [0, 0.1) is 13.8 Å². The van der Waals surface area contributed by atoms with E-state index in [1.807, 2.05) is 0 Å². The van der Waals surface area contributed by atoms with Crippen LogP contribution in [0.2, 0.25) is 0 Å². The number of hydrogen-bond donors (Lipinski definition) is 3. The molecule has 8 heteroatoms. The van der Waals surface area contributed by atoms with Crippen LogP contribution in [-0.2, 0) is 20.8 Å². The first-order valence-electron chi connectivity index (χ1n) is 5.65. The molecule has 6 nitrogen and oxygen atoms in total. The van der Waals surface area contributed by atoms with E-state index < -0.39 is 20.8 Å². The molecular weight excluding hydrogens is 286 g/mol. The summed E-state index contributed by atoms with van der Waals surface area (Å²) >= 11 is 0. The smallest absolute Gasteiger partial charge is 0.241 e. The largest absolute Gasteiger partial charge is 0.324 e. The molecule has 1 aromatic rings. The van der Waals surface area contributed by atoms with E-state index >= 15 is 0 Å². The molecule has 0 saturated heterocycles. The van der Waals surface area contributed by atoms with E-state index in [1.165, 1.54) is 6.26 Å². The molecule has 0 aliphatic carbocycles. The van der Waals surface area contributed by atoms with Crippen LogP contribution in [-0.4, -0.2) is 31.2 Å². The highest BCUT2D eigenvalue weighted by Gasteiger charge is 2.19. The van der Waals surface area contributed by atoms with Crippen LogP contribution in [0.5, 0.6) is 0 Å². The molecule has 0 saturated carbocycles. The minimum atomic E-state index is -3.60. The van der Waals surface area contributed by atoms with Gasteiger partial charge in [-0.3, -0.25) is 10.1 Å². The zero-order valence-corrected chi connectivity index (χ0v) is 12.8. The van der Waals surface area contributed by atoms with E-state index in [0.29, 0.717) is 22.6 Å². The van der Waals surface area contributed by atoms with E-state index in [1.54, 1.807) is 26.0 Å². The Balaban J connectivity index is 3.04. The van der Waals surface area contributed by atoms with Crippen LogP contribution in [0.4, 0.5) is 5.69 Å². The van der Waals surface area contributed by atoms with Crippen molar-refractivity contribution in [1.82, 2.24) is 4.72 Å². The summed E-state index contributed by atoms with van der Waals surface area (Å²) in [6, 6.07) is 3.33. The lowest BCUT2D eigenvalue weighted by Gasteiger charge is -2.13. The van der Waals surface area contributed by atoms with E-state index in [0.717, 1.165) is 0 Å². The minimum Gasteiger partial charge on any atom is -0.324 e. The van der Waals surface area contributed by atoms with Crippen molar-refractivity contribution in [2.24, 2.45) is 5.84 Å². The summed E-state index contributed by atoms with van der Waals surface area (Å²) in [5, 5.41) is 0. The summed E-state index contributed by atoms with van der Waals surface area (Å²) in [6.45, 7) is 3.57. The average Bonchev–Trinajstić information content (AvgIpc) is 2.26. The maximum absolute atomic E-state index is 12.2. The Hall–Kier alpha value is -0.960. The van der Waals surface area contributed by atoms with Crippen molar-refractivity contribution in [3.8, 4) is 0 Å². The van der Waals surface area contributed by atoms with Gasteiger partial charge >= 0.3 is 0 Å². The lowest BCUT2D eigenvalue weighted by molar-refractivity contribution is 0.582. The summed E-state index contributed by atoms with van der Waals surface area (Å²) in [7, 11) is -4.62. The van der Waals surface area contributed by atoms with Gasteiger partial charge in [-0.2, -0.15) is 0 Å². The van der Waals surface area contributed by atoms with E-state index in [-0.39, 0.29) is 11.4 Å². The zero-order valence-electron chi connectivity index (χ0n) is 11.2. The molecule has 4 N–H and O–H groups in total. The molecule has 0 aromatic heterocycles. The van der Waals surface area contributed by atoms with Crippen LogP contribution in [0.3, 0.4) is 0 Å². The second-order valence-corrected chi connectivity index (χ2v) is 7.52. The van der Waals surface area contributed by atoms with Gasteiger partial charge in [-0.25, -0.2) is 13.1 Å². The summed E-state index contributed by atoms with van der Waals surface area (Å²) in [5.74, 6) is 5.60. The van der Waals surface area contributed by atoms with Crippen molar-refractivity contribution in [1.29, 1.82) is 0 Å². The molecule has 0 radical (unpaired) electrons. The fraction of sp³-hybridized carbons (Fsp3) is 0.455. The van der Waals surface area contributed by atoms with E-state index in [9.17, 15) is 12.6 Å². The van der Waals surface area contributed by atoms with E-state index in [2.05, 4.69) is 10.1 Å². The van der Waals surface area contributed by atoms with Gasteiger partial charge in [0.15, 0.2) is 0 Å². The first kappa shape index (κ1) is 16.1. The molecule has 0 aliphatic rings. The van der Waals surface area contributed by atoms with Gasteiger partial charge in [-0.1, -0.05) is 0 Å². The van der Waals surface area contributed by atoms with Gasteiger partial charge < -0.3 is 5.43 Å². The third-order valence-electron chi connectivity index (χ3n) is 2.58. The third-order valence-corrected chi connectivity index (χ3v) is 5.12. The number of hydrazine groups is 1. The molecule has 1 aromatic carbocycles. The van der Waals surface area contributed by atoms with Crippen molar-refractivity contribution in [3.63, 3.8) is 0 Å². The van der Waals surface area contributed by atoms with Crippen LogP contribution in [0.15, 0.2) is 17.0 Å². The Morgan fingerprint density at radius 1 is 1.26 bits per heavy atom. The molecule has 1 atom stereocenters. The number of nitrogen functional groups attached to an aromatic ring is 1. The molecule has 0 amide bonds. The standard InChI is InChI=1S/C11H19N3O3S2/c1-8-6-10(14-12)7-9(2)11(8)19(16,17)13-4-5-18(3)15/h6-7,13-14H,4-5,12H2,1-3H3. The Kier molecular flexibility index (Phi) is 5.48. The predicted octanol–water partition coefficient (Wildman–Crippen LogP) is 0.246. The molecule has 1 unspecified atom stereocenters. The highest BCUT2D eigenvalue weighted by molar-refractivity contribution is 7.89. The van der Waals surface area contributed by atoms with Crippen molar-refractivity contribution in [2.75, 3.05) is 24.0 Å². The molecule has 0 bridgehead atoms. The number of nitrogens with two attached hydrogens (primary N) is 1. The molecule has 0 aliphatic heterocycles. The topological polar surface area (TPSA) is 101 Å². The second kappa shape index (κ2) is 6.47. The van der Waals surface area contributed by atoms with Crippen molar-refractivity contribution < 1.29 is 12.6 Å². The molecule has 19 heavy (non-hydrogen) atoms. The van der Waals surface area contributed by atoms with Gasteiger partial charge in [0.05, 0.1) is 4.90 Å². The molecule has 108 valence electrons.